The molecule has 0 aromatic heterocycles. The van der Waals surface area contributed by atoms with Crippen molar-refractivity contribution in [3.8, 4) is 0 Å². The molecular formula is C13H18BrN3. The van der Waals surface area contributed by atoms with Crippen LogP contribution in [0, 0.1) is 11.3 Å². The van der Waals surface area contributed by atoms with Gasteiger partial charge in [0.2, 0.25) is 0 Å². The minimum Gasteiger partial charge on any atom is -0.384 e. The monoisotopic (exact) mass is 295 g/mol. The highest BCUT2D eigenvalue weighted by Crippen LogP contribution is 2.30. The van der Waals surface area contributed by atoms with Crippen molar-refractivity contribution in [3.05, 3.63) is 28.2 Å². The number of nitrogen functional groups attached to an aromatic ring is 1. The zero-order chi connectivity index (χ0) is 12.4. The molecule has 0 unspecified atom stereocenters. The van der Waals surface area contributed by atoms with Gasteiger partial charge in [0.1, 0.15) is 5.84 Å². The van der Waals surface area contributed by atoms with Crippen molar-refractivity contribution in [2.24, 2.45) is 11.7 Å². The van der Waals surface area contributed by atoms with Crippen molar-refractivity contribution in [2.75, 3.05) is 18.0 Å². The van der Waals surface area contributed by atoms with Crippen LogP contribution in [-0.4, -0.2) is 18.9 Å². The number of hydrogen-bond donors (Lipinski definition) is 2. The molecule has 1 aromatic rings. The number of nitrogens with two attached hydrogens (primary N) is 1. The summed E-state index contributed by atoms with van der Waals surface area (Å²) in [4.78, 5) is 2.33. The maximum atomic E-state index is 7.70. The van der Waals surface area contributed by atoms with Gasteiger partial charge in [-0.15, -0.1) is 0 Å². The Kier molecular flexibility index (Phi) is 3.72. The first-order valence-electron chi connectivity index (χ1n) is 5.97. The Bertz CT molecular complexity index is 423. The Balaban J connectivity index is 2.32. The van der Waals surface area contributed by atoms with E-state index in [1.807, 2.05) is 12.1 Å². The number of nitrogens with zero attached hydrogens (tertiary/aromatic N) is 1. The highest BCUT2D eigenvalue weighted by Gasteiger charge is 2.20. The molecule has 0 radical (unpaired) electrons. The van der Waals surface area contributed by atoms with Gasteiger partial charge in [0.05, 0.1) is 5.56 Å². The smallest absolute Gasteiger partial charge is 0.126 e. The largest absolute Gasteiger partial charge is 0.384 e. The third kappa shape index (κ3) is 2.63. The van der Waals surface area contributed by atoms with E-state index in [-0.39, 0.29) is 5.84 Å². The van der Waals surface area contributed by atoms with Crippen molar-refractivity contribution in [2.45, 2.75) is 19.8 Å². The first kappa shape index (κ1) is 12.4. The molecule has 0 saturated carbocycles. The Hall–Kier alpha value is -1.03. The van der Waals surface area contributed by atoms with Gasteiger partial charge in [0.15, 0.2) is 0 Å². The fraction of sp³-hybridized carbons (Fsp3) is 0.462. The van der Waals surface area contributed by atoms with Gasteiger partial charge >= 0.3 is 0 Å². The molecule has 3 N–H and O–H groups in total. The second-order valence-corrected chi connectivity index (χ2v) is 5.57. The van der Waals surface area contributed by atoms with Crippen molar-refractivity contribution in [1.82, 2.24) is 0 Å². The number of benzene rings is 1. The number of halogens is 1. The van der Waals surface area contributed by atoms with Crippen LogP contribution in [0.5, 0.6) is 0 Å². The molecule has 1 aliphatic rings. The summed E-state index contributed by atoms with van der Waals surface area (Å²) >= 11 is 3.48. The lowest BCUT2D eigenvalue weighted by Gasteiger charge is -2.33. The second-order valence-electron chi connectivity index (χ2n) is 4.72. The summed E-state index contributed by atoms with van der Waals surface area (Å²) in [5.74, 6) is 0.935. The molecule has 0 amide bonds. The fourth-order valence-electron chi connectivity index (χ4n) is 2.29. The van der Waals surface area contributed by atoms with Crippen molar-refractivity contribution < 1.29 is 0 Å². The SMILES string of the molecule is CC1CCN(c2cccc(Br)c2C(=N)N)CC1. The molecule has 1 saturated heterocycles. The predicted molar refractivity (Wildman–Crippen MR) is 75.8 cm³/mol. The van der Waals surface area contributed by atoms with E-state index in [4.69, 9.17) is 11.1 Å². The van der Waals surface area contributed by atoms with Gasteiger partial charge in [-0.25, -0.2) is 0 Å². The van der Waals surface area contributed by atoms with Crippen LogP contribution in [0.2, 0.25) is 0 Å². The fourth-order valence-corrected chi connectivity index (χ4v) is 2.86. The standard InChI is InChI=1S/C13H18BrN3/c1-9-5-7-17(8-6-9)11-4-2-3-10(14)12(11)13(15)16/h2-4,9H,5-8H2,1H3,(H3,15,16). The van der Waals surface area contributed by atoms with E-state index in [9.17, 15) is 0 Å². The van der Waals surface area contributed by atoms with Gasteiger partial charge in [-0.1, -0.05) is 13.0 Å². The Morgan fingerprint density at radius 1 is 1.41 bits per heavy atom. The molecule has 1 heterocycles. The molecule has 0 bridgehead atoms. The van der Waals surface area contributed by atoms with Crippen LogP contribution in [0.4, 0.5) is 5.69 Å². The zero-order valence-electron chi connectivity index (χ0n) is 10.0. The minimum absolute atomic E-state index is 0.131. The molecule has 1 fully saturated rings. The molecular weight excluding hydrogens is 278 g/mol. The maximum Gasteiger partial charge on any atom is 0.126 e. The lowest BCUT2D eigenvalue weighted by atomic mass is 9.98. The lowest BCUT2D eigenvalue weighted by molar-refractivity contribution is 0.438. The Morgan fingerprint density at radius 3 is 2.65 bits per heavy atom. The van der Waals surface area contributed by atoms with Crippen LogP contribution in [0.15, 0.2) is 22.7 Å². The number of hydrogen-bond acceptors (Lipinski definition) is 2. The molecule has 4 heteroatoms. The third-order valence-electron chi connectivity index (χ3n) is 3.39. The van der Waals surface area contributed by atoms with E-state index >= 15 is 0 Å². The van der Waals surface area contributed by atoms with Gasteiger partial charge in [0, 0.05) is 23.2 Å². The number of piperidine rings is 1. The predicted octanol–water partition coefficient (Wildman–Crippen LogP) is 2.97. The van der Waals surface area contributed by atoms with E-state index in [2.05, 4.69) is 33.8 Å². The van der Waals surface area contributed by atoms with Gasteiger partial charge in [0.25, 0.3) is 0 Å². The van der Waals surface area contributed by atoms with Gasteiger partial charge in [-0.2, -0.15) is 0 Å². The topological polar surface area (TPSA) is 53.1 Å². The van der Waals surface area contributed by atoms with Crippen molar-refractivity contribution in [3.63, 3.8) is 0 Å². The molecule has 1 aliphatic heterocycles. The first-order chi connectivity index (χ1) is 8.09. The number of nitrogens with one attached hydrogen (secondary N) is 1. The van der Waals surface area contributed by atoms with Gasteiger partial charge < -0.3 is 10.6 Å². The van der Waals surface area contributed by atoms with Crippen molar-refractivity contribution in [1.29, 1.82) is 5.41 Å². The van der Waals surface area contributed by atoms with E-state index < -0.39 is 0 Å². The lowest BCUT2D eigenvalue weighted by Crippen LogP contribution is -2.34. The summed E-state index contributed by atoms with van der Waals surface area (Å²) in [5, 5.41) is 7.70. The van der Waals surface area contributed by atoms with Crippen LogP contribution in [0.1, 0.15) is 25.3 Å². The Labute approximate surface area is 111 Å². The quantitative estimate of drug-likeness (QED) is 0.651. The normalized spacial score (nSPS) is 17.2. The summed E-state index contributed by atoms with van der Waals surface area (Å²) in [6, 6.07) is 5.99. The van der Waals surface area contributed by atoms with Crippen LogP contribution < -0.4 is 10.6 Å². The first-order valence-corrected chi connectivity index (χ1v) is 6.76. The van der Waals surface area contributed by atoms with Crippen LogP contribution in [-0.2, 0) is 0 Å². The third-order valence-corrected chi connectivity index (χ3v) is 4.05. The Morgan fingerprint density at radius 2 is 2.06 bits per heavy atom. The molecule has 0 atom stereocenters. The average Bonchev–Trinajstić information content (AvgIpc) is 2.29. The molecule has 2 rings (SSSR count). The summed E-state index contributed by atoms with van der Waals surface area (Å²) in [7, 11) is 0. The maximum absolute atomic E-state index is 7.70. The van der Waals surface area contributed by atoms with Gasteiger partial charge in [-0.05, 0) is 46.8 Å². The van der Waals surface area contributed by atoms with Gasteiger partial charge in [-0.3, -0.25) is 5.41 Å². The number of rotatable bonds is 2. The summed E-state index contributed by atoms with van der Waals surface area (Å²) < 4.78 is 0.904. The van der Waals surface area contributed by atoms with Crippen molar-refractivity contribution >= 4 is 27.5 Å². The van der Waals surface area contributed by atoms with E-state index in [0.717, 1.165) is 34.7 Å². The summed E-state index contributed by atoms with van der Waals surface area (Å²) in [6.07, 6.45) is 2.42. The molecule has 17 heavy (non-hydrogen) atoms. The number of anilines is 1. The molecule has 0 spiro atoms. The zero-order valence-corrected chi connectivity index (χ0v) is 11.6. The minimum atomic E-state index is 0.131. The highest BCUT2D eigenvalue weighted by molar-refractivity contribution is 9.10. The molecule has 1 aromatic carbocycles. The molecule has 0 aliphatic carbocycles. The van der Waals surface area contributed by atoms with Crippen LogP contribution in [0.25, 0.3) is 0 Å². The highest BCUT2D eigenvalue weighted by atomic mass is 79.9. The summed E-state index contributed by atoms with van der Waals surface area (Å²) in [5.41, 5.74) is 7.58. The second kappa shape index (κ2) is 5.08. The average molecular weight is 296 g/mol. The van der Waals surface area contributed by atoms with Crippen LogP contribution in [0.3, 0.4) is 0 Å². The summed E-state index contributed by atoms with van der Waals surface area (Å²) in [6.45, 7) is 4.40. The van der Waals surface area contributed by atoms with E-state index in [1.165, 1.54) is 12.8 Å². The molecule has 92 valence electrons. The van der Waals surface area contributed by atoms with E-state index in [0.29, 0.717) is 0 Å². The van der Waals surface area contributed by atoms with Crippen LogP contribution >= 0.6 is 15.9 Å². The molecule has 3 nitrogen and oxygen atoms in total. The van der Waals surface area contributed by atoms with E-state index in [1.54, 1.807) is 0 Å². The number of amidine groups is 1.